The van der Waals surface area contributed by atoms with Crippen LogP contribution in [0, 0.1) is 84.1 Å². The van der Waals surface area contributed by atoms with Crippen LogP contribution in [0.2, 0.25) is 13.1 Å². The zero-order chi connectivity index (χ0) is 18.5. The fourth-order valence-corrected chi connectivity index (χ4v) is 2.81. The van der Waals surface area contributed by atoms with E-state index in [-0.39, 0.29) is 41.1 Å². The van der Waals surface area contributed by atoms with Gasteiger partial charge in [-0.1, -0.05) is 82.3 Å². The van der Waals surface area contributed by atoms with E-state index in [1.165, 1.54) is 55.6 Å². The molecule has 0 fully saturated rings. The Balaban J connectivity index is -0.000000147. The monoisotopic (exact) mass is 449 g/mol. The van der Waals surface area contributed by atoms with Crippen LogP contribution in [0.25, 0.3) is 0 Å². The molecule has 0 spiro atoms. The fourth-order valence-electron chi connectivity index (χ4n) is 2.81. The molecular formula is C24H43SiZr. The Hall–Kier alpha value is -0.200. The van der Waals surface area contributed by atoms with E-state index in [9.17, 15) is 0 Å². The van der Waals surface area contributed by atoms with Gasteiger partial charge in [0, 0.05) is 9.52 Å². The third-order valence-corrected chi connectivity index (χ3v) is 5.62. The minimum absolute atomic E-state index is 0. The first-order valence-electron chi connectivity index (χ1n) is 8.65. The summed E-state index contributed by atoms with van der Waals surface area (Å²) in [4.78, 5) is 0. The Kier molecular flexibility index (Phi) is 19.0. The molecule has 2 rings (SSSR count). The molecule has 0 bridgehead atoms. The van der Waals surface area contributed by atoms with E-state index in [2.05, 4.69) is 82.3 Å². The Morgan fingerprint density at radius 1 is 0.500 bits per heavy atom. The van der Waals surface area contributed by atoms with Crippen molar-refractivity contribution in [3.63, 3.8) is 0 Å². The summed E-state index contributed by atoms with van der Waals surface area (Å²) in [7, 11) is 0.750. The average Bonchev–Trinajstić information content (AvgIpc) is 2.80. The Morgan fingerprint density at radius 3 is 0.654 bits per heavy atom. The standard InChI is InChI=1S/2C10H15.C2H7Si.2CH3.Zr/c2*1-6-7(2)9(4)10(5)8(6)3;1-3-2;;;/h2*1-5H3;3H,1-2H3;2*1H3;/q2*-1;;2*-1;+4. The molecule has 2 aromatic carbocycles. The van der Waals surface area contributed by atoms with Gasteiger partial charge in [0.25, 0.3) is 0 Å². The SMILES string of the molecule is C[SiH]C.Cc1c(C)c(C)[c-](C)c1C.Cc1c(C)c(C)[c-](C)c1C.[CH3-].[CH3-].[Zr+4]. The molecule has 0 nitrogen and oxygen atoms in total. The topological polar surface area (TPSA) is 0 Å². The van der Waals surface area contributed by atoms with E-state index in [1.54, 1.807) is 0 Å². The molecule has 2 heteroatoms. The second kappa shape index (κ2) is 14.8. The molecule has 147 valence electrons. The molecule has 2 aromatic rings. The third kappa shape index (κ3) is 7.81. The average molecular weight is 451 g/mol. The van der Waals surface area contributed by atoms with Gasteiger partial charge < -0.3 is 14.9 Å². The first-order valence-corrected chi connectivity index (χ1v) is 11.0. The summed E-state index contributed by atoms with van der Waals surface area (Å²) in [6, 6.07) is 0. The summed E-state index contributed by atoms with van der Waals surface area (Å²) in [5.41, 5.74) is 14.7. The second-order valence-corrected chi connectivity index (χ2v) is 7.98. The summed E-state index contributed by atoms with van der Waals surface area (Å²) in [6.07, 6.45) is 0. The molecule has 0 heterocycles. The van der Waals surface area contributed by atoms with Gasteiger partial charge >= 0.3 is 26.2 Å². The molecule has 0 atom stereocenters. The van der Waals surface area contributed by atoms with Crippen molar-refractivity contribution in [2.24, 2.45) is 0 Å². The van der Waals surface area contributed by atoms with Crippen molar-refractivity contribution in [3.05, 3.63) is 70.5 Å². The van der Waals surface area contributed by atoms with Gasteiger partial charge in [0.2, 0.25) is 0 Å². The van der Waals surface area contributed by atoms with Gasteiger partial charge in [-0.05, 0) is 0 Å². The van der Waals surface area contributed by atoms with Gasteiger partial charge in [-0.3, -0.25) is 0 Å². The van der Waals surface area contributed by atoms with Gasteiger partial charge in [-0.15, -0.1) is 0 Å². The van der Waals surface area contributed by atoms with Crippen LogP contribution in [-0.4, -0.2) is 9.52 Å². The van der Waals surface area contributed by atoms with E-state index in [4.69, 9.17) is 0 Å². The molecule has 0 aromatic heterocycles. The van der Waals surface area contributed by atoms with Crippen LogP contribution in [0.15, 0.2) is 0 Å². The number of rotatable bonds is 0. The van der Waals surface area contributed by atoms with Crippen LogP contribution < -0.4 is 0 Å². The van der Waals surface area contributed by atoms with Crippen LogP contribution in [-0.2, 0) is 26.2 Å². The minimum atomic E-state index is 0. The van der Waals surface area contributed by atoms with E-state index < -0.39 is 0 Å². The Labute approximate surface area is 187 Å². The van der Waals surface area contributed by atoms with Crippen molar-refractivity contribution in [2.75, 3.05) is 0 Å². The van der Waals surface area contributed by atoms with Crippen LogP contribution in [0.1, 0.15) is 55.6 Å². The van der Waals surface area contributed by atoms with E-state index in [0.717, 1.165) is 9.52 Å². The minimum Gasteiger partial charge on any atom is -0.358 e. The van der Waals surface area contributed by atoms with Crippen LogP contribution >= 0.6 is 0 Å². The maximum Gasteiger partial charge on any atom is 4.00 e. The van der Waals surface area contributed by atoms with Crippen molar-refractivity contribution in [1.29, 1.82) is 0 Å². The summed E-state index contributed by atoms with van der Waals surface area (Å²) >= 11 is 0. The van der Waals surface area contributed by atoms with E-state index >= 15 is 0 Å². The predicted molar refractivity (Wildman–Crippen MR) is 123 cm³/mol. The van der Waals surface area contributed by atoms with Gasteiger partial charge in [-0.25, -0.2) is 0 Å². The second-order valence-electron chi connectivity index (χ2n) is 6.83. The molecule has 0 aliphatic heterocycles. The first-order chi connectivity index (χ1) is 10.5. The van der Waals surface area contributed by atoms with Gasteiger partial charge in [-0.2, -0.15) is 55.6 Å². The van der Waals surface area contributed by atoms with Gasteiger partial charge in [0.1, 0.15) is 0 Å². The van der Waals surface area contributed by atoms with Gasteiger partial charge in [0.15, 0.2) is 0 Å². The molecule has 0 amide bonds. The maximum absolute atomic E-state index is 2.21. The Morgan fingerprint density at radius 2 is 0.615 bits per heavy atom. The van der Waals surface area contributed by atoms with Crippen LogP contribution in [0.3, 0.4) is 0 Å². The molecule has 0 aliphatic rings. The predicted octanol–water partition coefficient (Wildman–Crippen LogP) is 7.31. The maximum atomic E-state index is 2.21. The molecule has 26 heavy (non-hydrogen) atoms. The van der Waals surface area contributed by atoms with Crippen molar-refractivity contribution in [3.8, 4) is 0 Å². The zero-order valence-corrected chi connectivity index (χ0v) is 23.7. The molecule has 1 radical (unpaired) electrons. The largest absolute Gasteiger partial charge is 4.00 e. The van der Waals surface area contributed by atoms with Gasteiger partial charge in [0.05, 0.1) is 0 Å². The summed E-state index contributed by atoms with van der Waals surface area (Å²) in [5.74, 6) is 0. The van der Waals surface area contributed by atoms with Crippen LogP contribution in [0.5, 0.6) is 0 Å². The quantitative estimate of drug-likeness (QED) is 0.291. The zero-order valence-electron chi connectivity index (χ0n) is 20.1. The Bertz CT molecular complexity index is 425. The normalized spacial score (nSPS) is 8.77. The van der Waals surface area contributed by atoms with Crippen LogP contribution in [0.4, 0.5) is 0 Å². The third-order valence-electron chi connectivity index (χ3n) is 5.62. The molecule has 0 N–H and O–H groups in total. The van der Waals surface area contributed by atoms with Crippen molar-refractivity contribution in [1.82, 2.24) is 0 Å². The number of hydrogen-bond acceptors (Lipinski definition) is 0. The van der Waals surface area contributed by atoms with Crippen molar-refractivity contribution < 1.29 is 26.2 Å². The summed E-state index contributed by atoms with van der Waals surface area (Å²) in [6.45, 7) is 26.4. The van der Waals surface area contributed by atoms with Crippen molar-refractivity contribution >= 4 is 9.52 Å². The van der Waals surface area contributed by atoms with E-state index in [1.807, 2.05) is 0 Å². The van der Waals surface area contributed by atoms with E-state index in [0.29, 0.717) is 0 Å². The molecule has 0 aliphatic carbocycles. The fraction of sp³-hybridized carbons (Fsp3) is 0.500. The molecule has 0 saturated heterocycles. The first kappa shape index (κ1) is 33.4. The summed E-state index contributed by atoms with van der Waals surface area (Å²) < 4.78 is 0. The molecular weight excluding hydrogens is 408 g/mol. The summed E-state index contributed by atoms with van der Waals surface area (Å²) in [5, 5.41) is 0. The molecule has 0 saturated carbocycles. The number of hydrogen-bond donors (Lipinski definition) is 0. The van der Waals surface area contributed by atoms with Crippen molar-refractivity contribution in [2.45, 2.75) is 82.3 Å². The molecule has 0 unspecified atom stereocenters. The smallest absolute Gasteiger partial charge is 0.358 e.